The highest BCUT2D eigenvalue weighted by molar-refractivity contribution is 7.89. The van der Waals surface area contributed by atoms with Crippen molar-refractivity contribution in [2.75, 3.05) is 5.73 Å². The zero-order valence-corrected chi connectivity index (χ0v) is 12.0. The van der Waals surface area contributed by atoms with Crippen LogP contribution < -0.4 is 10.5 Å². The second-order valence-electron chi connectivity index (χ2n) is 4.69. The average Bonchev–Trinajstić information content (AvgIpc) is 2.20. The van der Waals surface area contributed by atoms with Crippen molar-refractivity contribution in [2.45, 2.75) is 37.3 Å². The summed E-state index contributed by atoms with van der Waals surface area (Å²) in [6, 6.07) is 4.06. The Morgan fingerprint density at radius 2 is 2.00 bits per heavy atom. The molecule has 4 N–H and O–H groups in total. The van der Waals surface area contributed by atoms with Crippen molar-refractivity contribution < 1.29 is 13.5 Å². The molecule has 0 aliphatic rings. The van der Waals surface area contributed by atoms with E-state index in [1.54, 1.807) is 13.8 Å². The van der Waals surface area contributed by atoms with E-state index < -0.39 is 21.7 Å². The molecule has 1 atom stereocenters. The van der Waals surface area contributed by atoms with Crippen molar-refractivity contribution in [3.63, 3.8) is 0 Å². The van der Waals surface area contributed by atoms with Crippen LogP contribution in [0.4, 0.5) is 5.69 Å². The first-order valence-corrected chi connectivity index (χ1v) is 7.19. The normalized spacial score (nSPS) is 14.5. The van der Waals surface area contributed by atoms with Crippen LogP contribution in [-0.4, -0.2) is 25.2 Å². The molecule has 0 spiro atoms. The van der Waals surface area contributed by atoms with Crippen molar-refractivity contribution >= 4 is 27.3 Å². The minimum absolute atomic E-state index is 0.0122. The minimum atomic E-state index is -3.75. The van der Waals surface area contributed by atoms with E-state index in [-0.39, 0.29) is 10.6 Å². The molecular weight excluding hydrogens is 276 g/mol. The number of aliphatic hydroxyl groups excluding tert-OH is 1. The molecule has 1 aromatic carbocycles. The number of nitrogens with one attached hydrogen (secondary N) is 1. The van der Waals surface area contributed by atoms with Gasteiger partial charge in [-0.3, -0.25) is 0 Å². The van der Waals surface area contributed by atoms with Gasteiger partial charge in [-0.15, -0.1) is 0 Å². The van der Waals surface area contributed by atoms with Gasteiger partial charge in [-0.05, 0) is 39.0 Å². The van der Waals surface area contributed by atoms with E-state index in [9.17, 15) is 13.5 Å². The fourth-order valence-corrected chi connectivity index (χ4v) is 2.81. The molecule has 1 rings (SSSR count). The Balaban J connectivity index is 3.11. The quantitative estimate of drug-likeness (QED) is 0.731. The Labute approximate surface area is 112 Å². The maximum Gasteiger partial charge on any atom is 0.241 e. The van der Waals surface area contributed by atoms with Gasteiger partial charge >= 0.3 is 0 Å². The number of sulfonamides is 1. The largest absolute Gasteiger partial charge is 0.397 e. The summed E-state index contributed by atoms with van der Waals surface area (Å²) in [6.07, 6.45) is -0.836. The van der Waals surface area contributed by atoms with Gasteiger partial charge in [0.05, 0.1) is 27.2 Å². The van der Waals surface area contributed by atoms with Gasteiger partial charge in [0.15, 0.2) is 0 Å². The van der Waals surface area contributed by atoms with E-state index in [0.717, 1.165) is 0 Å². The van der Waals surface area contributed by atoms with E-state index in [0.29, 0.717) is 5.02 Å². The number of halogens is 1. The summed E-state index contributed by atoms with van der Waals surface area (Å²) in [5.41, 5.74) is 4.78. The van der Waals surface area contributed by atoms with E-state index >= 15 is 0 Å². The molecule has 0 aliphatic heterocycles. The molecule has 1 aromatic rings. The molecule has 0 amide bonds. The van der Waals surface area contributed by atoms with Gasteiger partial charge in [0, 0.05) is 0 Å². The SMILES string of the molecule is CC(O)C(C)(C)NS(=O)(=O)c1ccc(Cl)c(N)c1. The molecule has 0 aliphatic carbocycles. The Morgan fingerprint density at radius 3 is 2.44 bits per heavy atom. The zero-order chi connectivity index (χ0) is 14.1. The molecule has 102 valence electrons. The van der Waals surface area contributed by atoms with Gasteiger partial charge in [0.25, 0.3) is 0 Å². The number of rotatable bonds is 4. The van der Waals surface area contributed by atoms with Gasteiger partial charge in [0.1, 0.15) is 0 Å². The van der Waals surface area contributed by atoms with E-state index in [4.69, 9.17) is 17.3 Å². The van der Waals surface area contributed by atoms with Crippen LogP contribution in [-0.2, 0) is 10.0 Å². The maximum atomic E-state index is 12.1. The van der Waals surface area contributed by atoms with Gasteiger partial charge in [0.2, 0.25) is 10.0 Å². The minimum Gasteiger partial charge on any atom is -0.397 e. The van der Waals surface area contributed by atoms with Gasteiger partial charge in [-0.2, -0.15) is 0 Å². The first-order chi connectivity index (χ1) is 8.06. The lowest BCUT2D eigenvalue weighted by Gasteiger charge is -2.28. The Kier molecular flexibility index (Phi) is 4.27. The molecule has 1 unspecified atom stereocenters. The first kappa shape index (κ1) is 15.2. The maximum absolute atomic E-state index is 12.1. The lowest BCUT2D eigenvalue weighted by Crippen LogP contribution is -2.50. The molecule has 0 radical (unpaired) electrons. The molecule has 7 heteroatoms. The standard InChI is InChI=1S/C11H17ClN2O3S/c1-7(15)11(2,3)14-18(16,17)8-4-5-9(12)10(13)6-8/h4-7,14-15H,13H2,1-3H3. The number of hydrogen-bond donors (Lipinski definition) is 3. The van der Waals surface area contributed by atoms with Crippen LogP contribution in [0.15, 0.2) is 23.1 Å². The van der Waals surface area contributed by atoms with Gasteiger partial charge < -0.3 is 10.8 Å². The topological polar surface area (TPSA) is 92.4 Å². The smallest absolute Gasteiger partial charge is 0.241 e. The predicted molar refractivity (Wildman–Crippen MR) is 71.9 cm³/mol. The number of nitrogens with two attached hydrogens (primary N) is 1. The highest BCUT2D eigenvalue weighted by Gasteiger charge is 2.30. The molecule has 0 bridgehead atoms. The Bertz CT molecular complexity index is 541. The number of anilines is 1. The van der Waals surface area contributed by atoms with Crippen LogP contribution in [0.25, 0.3) is 0 Å². The summed E-state index contributed by atoms with van der Waals surface area (Å²) in [5.74, 6) is 0. The van der Waals surface area contributed by atoms with Crippen LogP contribution >= 0.6 is 11.6 Å². The van der Waals surface area contributed by atoms with Crippen LogP contribution in [0, 0.1) is 0 Å². The second kappa shape index (κ2) is 5.05. The highest BCUT2D eigenvalue weighted by Crippen LogP contribution is 2.23. The Morgan fingerprint density at radius 1 is 1.44 bits per heavy atom. The second-order valence-corrected chi connectivity index (χ2v) is 6.78. The number of hydrogen-bond acceptors (Lipinski definition) is 4. The fraction of sp³-hybridized carbons (Fsp3) is 0.455. The summed E-state index contributed by atoms with van der Waals surface area (Å²) in [4.78, 5) is 0.0122. The summed E-state index contributed by atoms with van der Waals surface area (Å²) in [5, 5.41) is 9.81. The van der Waals surface area contributed by atoms with Crippen LogP contribution in [0.2, 0.25) is 5.02 Å². The van der Waals surface area contributed by atoms with Gasteiger partial charge in [-0.1, -0.05) is 11.6 Å². The van der Waals surface area contributed by atoms with Crippen molar-refractivity contribution in [3.8, 4) is 0 Å². The molecule has 0 saturated carbocycles. The van der Waals surface area contributed by atoms with E-state index in [1.807, 2.05) is 0 Å². The van der Waals surface area contributed by atoms with Crippen molar-refractivity contribution in [3.05, 3.63) is 23.2 Å². The first-order valence-electron chi connectivity index (χ1n) is 5.33. The third kappa shape index (κ3) is 3.35. The summed E-state index contributed by atoms with van der Waals surface area (Å²) in [7, 11) is -3.75. The van der Waals surface area contributed by atoms with Crippen molar-refractivity contribution in [1.29, 1.82) is 0 Å². The number of benzene rings is 1. The molecule has 0 saturated heterocycles. The van der Waals surface area contributed by atoms with E-state index in [1.165, 1.54) is 25.1 Å². The monoisotopic (exact) mass is 292 g/mol. The van der Waals surface area contributed by atoms with Gasteiger partial charge in [-0.25, -0.2) is 13.1 Å². The number of nitrogen functional groups attached to an aromatic ring is 1. The third-order valence-electron chi connectivity index (χ3n) is 2.72. The lowest BCUT2D eigenvalue weighted by atomic mass is 10.0. The summed E-state index contributed by atoms with van der Waals surface area (Å²) >= 11 is 5.73. The molecule has 0 fully saturated rings. The third-order valence-corrected chi connectivity index (χ3v) is 4.73. The zero-order valence-electron chi connectivity index (χ0n) is 10.4. The van der Waals surface area contributed by atoms with E-state index in [2.05, 4.69) is 4.72 Å². The van der Waals surface area contributed by atoms with Crippen LogP contribution in [0.3, 0.4) is 0 Å². The number of aliphatic hydroxyl groups is 1. The highest BCUT2D eigenvalue weighted by atomic mass is 35.5. The molecule has 0 aromatic heterocycles. The summed E-state index contributed by atoms with van der Waals surface area (Å²) in [6.45, 7) is 4.70. The molecule has 5 nitrogen and oxygen atoms in total. The van der Waals surface area contributed by atoms with Crippen molar-refractivity contribution in [2.24, 2.45) is 0 Å². The van der Waals surface area contributed by atoms with Crippen LogP contribution in [0.1, 0.15) is 20.8 Å². The fourth-order valence-electron chi connectivity index (χ4n) is 1.18. The molecular formula is C11H17ClN2O3S. The average molecular weight is 293 g/mol. The molecule has 0 heterocycles. The summed E-state index contributed by atoms with van der Waals surface area (Å²) < 4.78 is 26.6. The Hall–Kier alpha value is -0.820. The lowest BCUT2D eigenvalue weighted by molar-refractivity contribution is 0.111. The predicted octanol–water partition coefficient (Wildman–Crippen LogP) is 1.36. The van der Waals surface area contributed by atoms with Crippen LogP contribution in [0.5, 0.6) is 0 Å². The van der Waals surface area contributed by atoms with Crippen molar-refractivity contribution in [1.82, 2.24) is 4.72 Å². The molecule has 18 heavy (non-hydrogen) atoms.